The van der Waals surface area contributed by atoms with Crippen molar-refractivity contribution < 1.29 is 4.42 Å². The van der Waals surface area contributed by atoms with Gasteiger partial charge in [0, 0.05) is 5.02 Å². The number of hydrogen-bond donors (Lipinski definition) is 1. The van der Waals surface area contributed by atoms with Crippen molar-refractivity contribution in [2.75, 3.05) is 6.54 Å². The fraction of sp³-hybridized carbons (Fsp3) is 0.333. The Labute approximate surface area is 127 Å². The molecule has 0 spiro atoms. The van der Waals surface area contributed by atoms with Crippen molar-refractivity contribution >= 4 is 27.5 Å². The van der Waals surface area contributed by atoms with Crippen LogP contribution in [0.4, 0.5) is 0 Å². The maximum atomic E-state index is 6.13. The van der Waals surface area contributed by atoms with Crippen molar-refractivity contribution in [3.8, 4) is 0 Å². The van der Waals surface area contributed by atoms with Gasteiger partial charge in [0.15, 0.2) is 0 Å². The summed E-state index contributed by atoms with van der Waals surface area (Å²) in [5, 5.41) is 4.26. The molecule has 0 saturated carbocycles. The average molecular weight is 343 g/mol. The number of furan rings is 1. The smallest absolute Gasteiger partial charge is 0.139 e. The Hall–Kier alpha value is -0.770. The predicted octanol–water partition coefficient (Wildman–Crippen LogP) is 5.09. The molecule has 1 aromatic heterocycles. The van der Waals surface area contributed by atoms with Crippen molar-refractivity contribution in [1.29, 1.82) is 0 Å². The molecule has 2 nitrogen and oxygen atoms in total. The van der Waals surface area contributed by atoms with Crippen LogP contribution in [0.1, 0.15) is 36.3 Å². The molecule has 102 valence electrons. The van der Waals surface area contributed by atoms with E-state index in [1.54, 1.807) is 6.26 Å². The van der Waals surface area contributed by atoms with Gasteiger partial charge in [0.2, 0.25) is 0 Å². The normalized spacial score (nSPS) is 12.6. The Bertz CT molecular complexity index is 553. The molecule has 1 N–H and O–H groups in total. The summed E-state index contributed by atoms with van der Waals surface area (Å²) in [4.78, 5) is 0. The van der Waals surface area contributed by atoms with Crippen LogP contribution >= 0.6 is 27.5 Å². The molecule has 2 rings (SSSR count). The quantitative estimate of drug-likeness (QED) is 0.818. The highest BCUT2D eigenvalue weighted by molar-refractivity contribution is 9.10. The van der Waals surface area contributed by atoms with E-state index in [0.717, 1.165) is 33.8 Å². The summed E-state index contributed by atoms with van der Waals surface area (Å²) >= 11 is 9.66. The van der Waals surface area contributed by atoms with Gasteiger partial charge in [-0.25, -0.2) is 0 Å². The molecule has 0 amide bonds. The van der Waals surface area contributed by atoms with Crippen molar-refractivity contribution in [2.45, 2.75) is 26.3 Å². The Morgan fingerprint density at radius 3 is 2.79 bits per heavy atom. The van der Waals surface area contributed by atoms with Crippen molar-refractivity contribution in [2.24, 2.45) is 0 Å². The molecule has 1 atom stereocenters. The van der Waals surface area contributed by atoms with Crippen molar-refractivity contribution in [1.82, 2.24) is 5.32 Å². The van der Waals surface area contributed by atoms with Gasteiger partial charge in [-0.2, -0.15) is 0 Å². The first-order chi connectivity index (χ1) is 9.13. The highest BCUT2D eigenvalue weighted by Gasteiger charge is 2.21. The molecule has 2 aromatic rings. The summed E-state index contributed by atoms with van der Waals surface area (Å²) in [5.41, 5.74) is 2.35. The molecular weight excluding hydrogens is 326 g/mol. The summed E-state index contributed by atoms with van der Waals surface area (Å²) in [5.74, 6) is 0.888. The Balaban J connectivity index is 2.42. The molecule has 0 radical (unpaired) electrons. The van der Waals surface area contributed by atoms with Gasteiger partial charge in [0.25, 0.3) is 0 Å². The van der Waals surface area contributed by atoms with E-state index in [4.69, 9.17) is 16.0 Å². The van der Waals surface area contributed by atoms with Gasteiger partial charge in [0.05, 0.1) is 16.8 Å². The van der Waals surface area contributed by atoms with Gasteiger partial charge in [0.1, 0.15) is 5.76 Å². The van der Waals surface area contributed by atoms with E-state index >= 15 is 0 Å². The van der Waals surface area contributed by atoms with Crippen LogP contribution in [0.3, 0.4) is 0 Å². The van der Waals surface area contributed by atoms with Gasteiger partial charge in [-0.15, -0.1) is 0 Å². The molecule has 0 saturated heterocycles. The maximum Gasteiger partial charge on any atom is 0.139 e. The molecule has 0 aliphatic rings. The third kappa shape index (κ3) is 3.41. The van der Waals surface area contributed by atoms with E-state index in [1.165, 1.54) is 5.56 Å². The monoisotopic (exact) mass is 341 g/mol. The number of benzene rings is 1. The first-order valence-electron chi connectivity index (χ1n) is 6.35. The van der Waals surface area contributed by atoms with Gasteiger partial charge >= 0.3 is 0 Å². The largest absolute Gasteiger partial charge is 0.466 e. The third-order valence-corrected chi connectivity index (χ3v) is 3.95. The Morgan fingerprint density at radius 1 is 1.37 bits per heavy atom. The lowest BCUT2D eigenvalue weighted by molar-refractivity contribution is 0.443. The standard InChI is InChI=1S/C15H17BrClNO/c1-3-7-18-14(15-13(16)6-8-19-15)12-9-11(17)5-4-10(12)2/h4-6,8-9,14,18H,3,7H2,1-2H3. The van der Waals surface area contributed by atoms with E-state index in [2.05, 4.69) is 35.1 Å². The van der Waals surface area contributed by atoms with Gasteiger partial charge in [-0.1, -0.05) is 24.6 Å². The van der Waals surface area contributed by atoms with Crippen molar-refractivity contribution in [3.63, 3.8) is 0 Å². The minimum absolute atomic E-state index is 0.0167. The second-order valence-electron chi connectivity index (χ2n) is 4.52. The zero-order chi connectivity index (χ0) is 13.8. The lowest BCUT2D eigenvalue weighted by Crippen LogP contribution is -2.23. The van der Waals surface area contributed by atoms with Gasteiger partial charge < -0.3 is 9.73 Å². The van der Waals surface area contributed by atoms with Crippen molar-refractivity contribution in [3.05, 3.63) is 56.9 Å². The average Bonchev–Trinajstić information content (AvgIpc) is 2.80. The topological polar surface area (TPSA) is 25.2 Å². The first kappa shape index (κ1) is 14.6. The van der Waals surface area contributed by atoms with Crippen LogP contribution in [0.2, 0.25) is 5.02 Å². The summed E-state index contributed by atoms with van der Waals surface area (Å²) in [6.07, 6.45) is 2.76. The zero-order valence-electron chi connectivity index (χ0n) is 11.0. The maximum absolute atomic E-state index is 6.13. The lowest BCUT2D eigenvalue weighted by Gasteiger charge is -2.19. The second-order valence-corrected chi connectivity index (χ2v) is 5.81. The zero-order valence-corrected chi connectivity index (χ0v) is 13.4. The van der Waals surface area contributed by atoms with Crippen LogP contribution in [0.5, 0.6) is 0 Å². The highest BCUT2D eigenvalue weighted by Crippen LogP contribution is 2.32. The fourth-order valence-corrected chi connectivity index (χ4v) is 2.68. The van der Waals surface area contributed by atoms with E-state index < -0.39 is 0 Å². The third-order valence-electron chi connectivity index (χ3n) is 3.06. The predicted molar refractivity (Wildman–Crippen MR) is 82.7 cm³/mol. The minimum atomic E-state index is 0.0167. The SMILES string of the molecule is CCCNC(c1cc(Cl)ccc1C)c1occc1Br. The fourth-order valence-electron chi connectivity index (χ4n) is 2.07. The Kier molecular flexibility index (Phi) is 5.08. The minimum Gasteiger partial charge on any atom is -0.466 e. The summed E-state index contributed by atoms with van der Waals surface area (Å²) in [6, 6.07) is 7.88. The van der Waals surface area contributed by atoms with E-state index in [-0.39, 0.29) is 6.04 Å². The molecule has 4 heteroatoms. The van der Waals surface area contributed by atoms with Gasteiger partial charge in [-0.05, 0) is 65.1 Å². The van der Waals surface area contributed by atoms with E-state index in [1.807, 2.05) is 24.3 Å². The molecule has 1 unspecified atom stereocenters. The molecule has 0 aliphatic carbocycles. The number of aryl methyl sites for hydroxylation is 1. The number of halogens is 2. The summed E-state index contributed by atoms with van der Waals surface area (Å²) in [7, 11) is 0. The lowest BCUT2D eigenvalue weighted by atomic mass is 9.99. The van der Waals surface area contributed by atoms with Crippen LogP contribution in [0.25, 0.3) is 0 Å². The number of rotatable bonds is 5. The molecule has 1 heterocycles. The van der Waals surface area contributed by atoms with Crippen LogP contribution in [-0.2, 0) is 0 Å². The molecule has 1 aromatic carbocycles. The van der Waals surface area contributed by atoms with Crippen LogP contribution in [-0.4, -0.2) is 6.54 Å². The number of hydrogen-bond acceptors (Lipinski definition) is 2. The number of nitrogens with one attached hydrogen (secondary N) is 1. The van der Waals surface area contributed by atoms with Gasteiger partial charge in [-0.3, -0.25) is 0 Å². The van der Waals surface area contributed by atoms with Crippen LogP contribution in [0, 0.1) is 6.92 Å². The van der Waals surface area contributed by atoms with Crippen LogP contribution < -0.4 is 5.32 Å². The first-order valence-corrected chi connectivity index (χ1v) is 7.53. The Morgan fingerprint density at radius 2 is 2.16 bits per heavy atom. The van der Waals surface area contributed by atoms with E-state index in [0.29, 0.717) is 0 Å². The molecule has 0 aliphatic heterocycles. The summed E-state index contributed by atoms with van der Waals surface area (Å²) < 4.78 is 6.59. The molecule has 19 heavy (non-hydrogen) atoms. The second kappa shape index (κ2) is 6.60. The molecule has 0 bridgehead atoms. The van der Waals surface area contributed by atoms with E-state index in [9.17, 15) is 0 Å². The summed E-state index contributed by atoms with van der Waals surface area (Å²) in [6.45, 7) is 5.15. The molecular formula is C15H17BrClNO. The van der Waals surface area contributed by atoms with Crippen LogP contribution in [0.15, 0.2) is 39.4 Å². The highest BCUT2D eigenvalue weighted by atomic mass is 79.9. The molecule has 0 fully saturated rings.